The van der Waals surface area contributed by atoms with Crippen LogP contribution in [0, 0.1) is 6.92 Å². The van der Waals surface area contributed by atoms with Gasteiger partial charge in [0.1, 0.15) is 0 Å². The highest BCUT2D eigenvalue weighted by atomic mass is 16.3. The fraction of sp³-hybridized carbons (Fsp3) is 0.300. The van der Waals surface area contributed by atoms with Crippen molar-refractivity contribution in [1.29, 1.82) is 0 Å². The van der Waals surface area contributed by atoms with Gasteiger partial charge in [0.2, 0.25) is 0 Å². The second-order valence-electron chi connectivity index (χ2n) is 6.65. The van der Waals surface area contributed by atoms with Gasteiger partial charge in [0.05, 0.1) is 17.4 Å². The molecule has 1 atom stereocenters. The number of imidazole rings is 1. The van der Waals surface area contributed by atoms with Crippen molar-refractivity contribution in [2.75, 3.05) is 14.1 Å². The number of carbonyl (C=O) groups excluding carboxylic acids is 1. The minimum atomic E-state index is -0.671. The number of amides is 1. The average molecular weight is 353 g/mol. The predicted molar refractivity (Wildman–Crippen MR) is 99.3 cm³/mol. The number of fused-ring (bicyclic) bond motifs is 1. The predicted octanol–water partition coefficient (Wildman–Crippen LogP) is 2.72. The quantitative estimate of drug-likeness (QED) is 0.739. The van der Waals surface area contributed by atoms with Crippen molar-refractivity contribution >= 4 is 11.6 Å². The SMILES string of the molecule is Cc1cn2cc(C(=O)N(C)C)c(CCC(O)c3ccccc3)c(O)c2n1. The molecular weight excluding hydrogens is 330 g/mol. The van der Waals surface area contributed by atoms with Crippen LogP contribution in [-0.4, -0.2) is 44.5 Å². The third kappa shape index (κ3) is 3.41. The van der Waals surface area contributed by atoms with Crippen molar-refractivity contribution in [3.63, 3.8) is 0 Å². The van der Waals surface area contributed by atoms with E-state index in [2.05, 4.69) is 4.98 Å². The molecule has 3 rings (SSSR count). The molecule has 136 valence electrons. The van der Waals surface area contributed by atoms with Crippen LogP contribution in [0.15, 0.2) is 42.7 Å². The summed E-state index contributed by atoms with van der Waals surface area (Å²) in [5.74, 6) is -0.205. The smallest absolute Gasteiger partial charge is 0.255 e. The summed E-state index contributed by atoms with van der Waals surface area (Å²) in [4.78, 5) is 18.4. The van der Waals surface area contributed by atoms with Crippen molar-refractivity contribution in [2.24, 2.45) is 0 Å². The Labute approximate surface area is 152 Å². The lowest BCUT2D eigenvalue weighted by Crippen LogP contribution is -2.23. The van der Waals surface area contributed by atoms with Gasteiger partial charge in [-0.3, -0.25) is 4.79 Å². The number of aliphatic hydroxyl groups is 1. The number of aromatic nitrogens is 2. The van der Waals surface area contributed by atoms with Crippen molar-refractivity contribution < 1.29 is 15.0 Å². The van der Waals surface area contributed by atoms with E-state index in [0.717, 1.165) is 11.3 Å². The molecule has 1 amide bonds. The molecule has 6 heteroatoms. The highest BCUT2D eigenvalue weighted by molar-refractivity contribution is 5.96. The number of hydrogen-bond donors (Lipinski definition) is 2. The summed E-state index contributed by atoms with van der Waals surface area (Å²) in [5, 5.41) is 21.2. The highest BCUT2D eigenvalue weighted by Gasteiger charge is 2.22. The Morgan fingerprint density at radius 1 is 1.23 bits per heavy atom. The van der Waals surface area contributed by atoms with E-state index in [4.69, 9.17) is 0 Å². The van der Waals surface area contributed by atoms with Crippen LogP contribution in [0.1, 0.15) is 39.7 Å². The van der Waals surface area contributed by atoms with E-state index in [0.29, 0.717) is 29.6 Å². The maximum absolute atomic E-state index is 12.6. The number of carbonyl (C=O) groups is 1. The third-order valence-electron chi connectivity index (χ3n) is 4.43. The number of aromatic hydroxyl groups is 1. The van der Waals surface area contributed by atoms with E-state index >= 15 is 0 Å². The number of rotatable bonds is 5. The number of benzene rings is 1. The molecule has 0 spiro atoms. The molecule has 3 aromatic rings. The summed E-state index contributed by atoms with van der Waals surface area (Å²) in [6.07, 6.45) is 3.54. The molecule has 0 fully saturated rings. The zero-order valence-electron chi connectivity index (χ0n) is 15.2. The maximum Gasteiger partial charge on any atom is 0.255 e. The molecule has 2 N–H and O–H groups in total. The summed E-state index contributed by atoms with van der Waals surface area (Å²) in [6, 6.07) is 9.35. The largest absolute Gasteiger partial charge is 0.504 e. The third-order valence-corrected chi connectivity index (χ3v) is 4.43. The van der Waals surface area contributed by atoms with Crippen LogP contribution in [0.5, 0.6) is 5.75 Å². The number of hydrogen-bond acceptors (Lipinski definition) is 4. The second-order valence-corrected chi connectivity index (χ2v) is 6.65. The molecule has 0 aliphatic carbocycles. The van der Waals surface area contributed by atoms with E-state index in [1.54, 1.807) is 30.9 Å². The minimum Gasteiger partial charge on any atom is -0.504 e. The van der Waals surface area contributed by atoms with Crippen LogP contribution in [0.25, 0.3) is 5.65 Å². The van der Waals surface area contributed by atoms with Crippen molar-refractivity contribution in [3.8, 4) is 5.75 Å². The van der Waals surface area contributed by atoms with Gasteiger partial charge in [0.25, 0.3) is 5.91 Å². The van der Waals surface area contributed by atoms with E-state index in [-0.39, 0.29) is 11.7 Å². The first-order valence-corrected chi connectivity index (χ1v) is 8.53. The van der Waals surface area contributed by atoms with Crippen LogP contribution < -0.4 is 0 Å². The Morgan fingerprint density at radius 3 is 2.58 bits per heavy atom. The lowest BCUT2D eigenvalue weighted by molar-refractivity contribution is 0.0824. The number of aliphatic hydroxyl groups excluding tert-OH is 1. The normalized spacial score (nSPS) is 12.3. The van der Waals surface area contributed by atoms with Crippen LogP contribution in [-0.2, 0) is 6.42 Å². The molecule has 0 aliphatic heterocycles. The molecule has 0 aliphatic rings. The lowest BCUT2D eigenvalue weighted by Gasteiger charge is -2.17. The zero-order chi connectivity index (χ0) is 18.8. The number of pyridine rings is 1. The second kappa shape index (κ2) is 7.17. The monoisotopic (exact) mass is 353 g/mol. The standard InChI is InChI=1S/C20H23N3O3/c1-13-11-23-12-16(20(26)22(2)3)15(18(25)19(23)21-13)9-10-17(24)14-7-5-4-6-8-14/h4-8,11-12,17,24-25H,9-10H2,1-3H3. The van der Waals surface area contributed by atoms with Gasteiger partial charge in [0.15, 0.2) is 11.4 Å². The van der Waals surface area contributed by atoms with Gasteiger partial charge in [-0.25, -0.2) is 4.98 Å². The first-order chi connectivity index (χ1) is 12.4. The molecule has 2 heterocycles. The Hall–Kier alpha value is -2.86. The van der Waals surface area contributed by atoms with Gasteiger partial charge in [-0.1, -0.05) is 30.3 Å². The van der Waals surface area contributed by atoms with Gasteiger partial charge in [-0.15, -0.1) is 0 Å². The Bertz CT molecular complexity index is 932. The molecule has 26 heavy (non-hydrogen) atoms. The van der Waals surface area contributed by atoms with Crippen LogP contribution in [0.2, 0.25) is 0 Å². The Kier molecular flexibility index (Phi) is 4.95. The molecular formula is C20H23N3O3. The van der Waals surface area contributed by atoms with Crippen LogP contribution >= 0.6 is 0 Å². The van der Waals surface area contributed by atoms with Gasteiger partial charge in [-0.05, 0) is 25.3 Å². The van der Waals surface area contributed by atoms with Gasteiger partial charge in [0, 0.05) is 32.1 Å². The molecule has 0 saturated heterocycles. The lowest BCUT2D eigenvalue weighted by atomic mass is 9.98. The molecule has 6 nitrogen and oxygen atoms in total. The minimum absolute atomic E-state index is 0.00828. The first kappa shape index (κ1) is 17.9. The van der Waals surface area contributed by atoms with Gasteiger partial charge in [-0.2, -0.15) is 0 Å². The first-order valence-electron chi connectivity index (χ1n) is 8.53. The Morgan fingerprint density at radius 2 is 1.92 bits per heavy atom. The molecule has 2 aromatic heterocycles. The molecule has 0 radical (unpaired) electrons. The molecule has 0 bridgehead atoms. The Balaban J connectivity index is 1.98. The molecule has 1 unspecified atom stereocenters. The van der Waals surface area contributed by atoms with E-state index in [1.807, 2.05) is 37.3 Å². The average Bonchev–Trinajstić information content (AvgIpc) is 3.01. The maximum atomic E-state index is 12.6. The summed E-state index contributed by atoms with van der Waals surface area (Å²) < 4.78 is 1.67. The van der Waals surface area contributed by atoms with Crippen molar-refractivity contribution in [1.82, 2.24) is 14.3 Å². The summed E-state index contributed by atoms with van der Waals surface area (Å²) >= 11 is 0. The van der Waals surface area contributed by atoms with Gasteiger partial charge < -0.3 is 19.5 Å². The summed E-state index contributed by atoms with van der Waals surface area (Å²) in [6.45, 7) is 1.83. The van der Waals surface area contributed by atoms with Crippen molar-refractivity contribution in [3.05, 3.63) is 65.1 Å². The number of aryl methyl sites for hydroxylation is 1. The summed E-state index contributed by atoms with van der Waals surface area (Å²) in [5.41, 5.74) is 2.91. The molecule has 0 saturated carbocycles. The topological polar surface area (TPSA) is 78.1 Å². The summed E-state index contributed by atoms with van der Waals surface area (Å²) in [7, 11) is 3.34. The van der Waals surface area contributed by atoms with Crippen LogP contribution in [0.4, 0.5) is 0 Å². The molecule has 1 aromatic carbocycles. The van der Waals surface area contributed by atoms with E-state index < -0.39 is 6.10 Å². The van der Waals surface area contributed by atoms with Gasteiger partial charge >= 0.3 is 0 Å². The zero-order valence-corrected chi connectivity index (χ0v) is 15.2. The number of nitrogens with zero attached hydrogens (tertiary/aromatic N) is 3. The van der Waals surface area contributed by atoms with E-state index in [9.17, 15) is 15.0 Å². The fourth-order valence-corrected chi connectivity index (χ4v) is 3.07. The van der Waals surface area contributed by atoms with Crippen LogP contribution in [0.3, 0.4) is 0 Å². The highest BCUT2D eigenvalue weighted by Crippen LogP contribution is 2.30. The van der Waals surface area contributed by atoms with Crippen molar-refractivity contribution in [2.45, 2.75) is 25.9 Å². The van der Waals surface area contributed by atoms with E-state index in [1.165, 1.54) is 4.90 Å². The fourth-order valence-electron chi connectivity index (χ4n) is 3.07.